The molecule has 0 N–H and O–H groups in total. The molecule has 0 aliphatic carbocycles. The van der Waals surface area contributed by atoms with Crippen molar-refractivity contribution in [3.8, 4) is 89.6 Å². The average molecular weight is 1400 g/mol. The molecule has 6 nitrogen and oxygen atoms in total. The van der Waals surface area contributed by atoms with Crippen LogP contribution in [0.2, 0.25) is 0 Å². The number of ether oxygens (including phenoxy) is 1. The Morgan fingerprint density at radius 2 is 0.819 bits per heavy atom. The Bertz CT molecular complexity index is 5140. The maximum atomic E-state index is 7.18. The van der Waals surface area contributed by atoms with E-state index in [1.165, 1.54) is 22.3 Å². The van der Waals surface area contributed by atoms with E-state index in [4.69, 9.17) is 9.72 Å². The standard InChI is InChI=1S/C87H69N5O.Pt/c1-59-51-84(88-57-77(59)64-47-45-61(46-48-64)60-27-11-8-12-28-60)92-80-42-22-19-36-74(80)73-35-17-20-40-78(73)91(68-53-65(86(2,3)4)52-66(54-68)87(5,6)7)79-41-21-18-37-75(79)76-50-49-70(56-83(76)92)93-69-34-25-33-67(55-69)89-58-90(82-44-24-23-43-81(82)89)85-71(62-29-13-9-14-30-62)38-26-39-72(85)63-31-15-10-16-32-63;/h8-54,57H,1-7H3;/q-2;. The molecule has 7 heteroatoms. The second-order valence-corrected chi connectivity index (χ2v) is 27.2. The molecule has 0 saturated heterocycles. The first-order valence-corrected chi connectivity index (χ1v) is 33.2. The van der Waals surface area contributed by atoms with E-state index in [-0.39, 0.29) is 10.8 Å². The Kier molecular flexibility index (Phi) is 15.5. The van der Waals surface area contributed by atoms with E-state index in [2.05, 4.69) is 378 Å². The van der Waals surface area contributed by atoms with Crippen LogP contribution < -0.4 is 14.5 Å². The summed E-state index contributed by atoms with van der Waals surface area (Å²) in [6.07, 6.45) is 2.03. The van der Waals surface area contributed by atoms with Crippen LogP contribution in [-0.2, 0) is 30.2 Å². The summed E-state index contributed by atoms with van der Waals surface area (Å²) < 4.78 is 12.8. The molecule has 12 aromatic carbocycles. The van der Waals surface area contributed by atoms with E-state index in [0.29, 0.717) is 11.5 Å². The number of imidazole rings is 1. The van der Waals surface area contributed by atoms with Crippen molar-refractivity contribution < 1.29 is 24.1 Å². The number of aryl methyl sites for hydroxylation is 1. The topological polar surface area (TPSA) is 38.5 Å². The molecule has 460 valence electrons. The van der Waals surface area contributed by atoms with Gasteiger partial charge in [-0.15, -0.1) is 0 Å². The fourth-order valence-corrected chi connectivity index (χ4v) is 14.3. The molecular weight excluding hydrogens is 1330 g/mol. The molecule has 0 spiro atoms. The minimum absolute atomic E-state index is 0.127. The number of nitrogens with zero attached hydrogens (tertiary/aromatic N) is 5. The molecule has 3 heterocycles. The Morgan fingerprint density at radius 3 is 1.38 bits per heavy atom. The first kappa shape index (κ1) is 59.6. The zero-order valence-electron chi connectivity index (χ0n) is 53.7. The van der Waals surface area contributed by atoms with Gasteiger partial charge in [-0.1, -0.05) is 151 Å². The van der Waals surface area contributed by atoms with Gasteiger partial charge in [-0.3, -0.25) is 0 Å². The number of pyridine rings is 1. The summed E-state index contributed by atoms with van der Waals surface area (Å²) in [5.74, 6) is 1.80. The third-order valence-corrected chi connectivity index (χ3v) is 19.0. The second-order valence-electron chi connectivity index (χ2n) is 26.2. The van der Waals surface area contributed by atoms with Crippen LogP contribution in [0.4, 0.5) is 34.3 Å². The van der Waals surface area contributed by atoms with Gasteiger partial charge < -0.3 is 4.90 Å². The van der Waals surface area contributed by atoms with Crippen LogP contribution in [0.5, 0.6) is 11.5 Å². The van der Waals surface area contributed by atoms with E-state index in [1.807, 2.05) is 12.3 Å². The number of para-hydroxylation sites is 6. The van der Waals surface area contributed by atoms with Crippen LogP contribution in [0.3, 0.4) is 0 Å². The van der Waals surface area contributed by atoms with Gasteiger partial charge in [0.25, 0.3) is 0 Å². The Morgan fingerprint density at radius 1 is 0.372 bits per heavy atom. The van der Waals surface area contributed by atoms with Gasteiger partial charge in [0.15, 0.2) is 0 Å². The zero-order chi connectivity index (χ0) is 64.2. The quantitative estimate of drug-likeness (QED) is 0.128. The van der Waals surface area contributed by atoms with E-state index < -0.39 is 0 Å². The number of aromatic nitrogens is 3. The molecule has 15 rings (SSSR count). The molecule has 0 bridgehead atoms. The van der Waals surface area contributed by atoms with Gasteiger partial charge in [-0.2, -0.15) is 0 Å². The first-order valence-electron chi connectivity index (χ1n) is 32.1. The molecule has 1 aliphatic rings. The predicted molar refractivity (Wildman–Crippen MR) is 386 cm³/mol. The van der Waals surface area contributed by atoms with Crippen molar-refractivity contribution in [3.05, 3.63) is 324 Å². The summed E-state index contributed by atoms with van der Waals surface area (Å²) in [6.45, 7) is 16.0. The van der Waals surface area contributed by atoms with Gasteiger partial charge in [0, 0.05) is 23.0 Å². The number of benzene rings is 12. The average Bonchev–Trinajstić information content (AvgIpc) is 1.48. The normalized spacial score (nSPS) is 12.2. The molecule has 0 radical (unpaired) electrons. The Labute approximate surface area is 562 Å². The summed E-state index contributed by atoms with van der Waals surface area (Å²) in [4.78, 5) is 10.3. The second kappa shape index (κ2) is 24.4. The number of rotatable bonds is 10. The molecule has 0 saturated carbocycles. The van der Waals surface area contributed by atoms with Crippen molar-refractivity contribution in [2.75, 3.05) is 9.80 Å². The molecule has 94 heavy (non-hydrogen) atoms. The predicted octanol–water partition coefficient (Wildman–Crippen LogP) is 23.4. The minimum atomic E-state index is -0.127. The molecule has 14 aromatic rings. The fourth-order valence-electron chi connectivity index (χ4n) is 13.2. The van der Waals surface area contributed by atoms with Crippen LogP contribution in [0.15, 0.2) is 291 Å². The van der Waals surface area contributed by atoms with E-state index in [0.717, 1.165) is 122 Å². The van der Waals surface area contributed by atoms with Crippen LogP contribution in [0.25, 0.3) is 89.2 Å². The first-order chi connectivity index (χ1) is 45.7. The molecular formula is C87H69N5OPt-2. The van der Waals surface area contributed by atoms with E-state index >= 15 is 0 Å². The van der Waals surface area contributed by atoms with Crippen molar-refractivity contribution >= 4 is 45.3 Å². The van der Waals surface area contributed by atoms with Gasteiger partial charge in [-0.25, -0.2) is 0 Å². The fraction of sp³-hybridized carbons (Fsp3) is 0.103. The summed E-state index contributed by atoms with van der Waals surface area (Å²) >= 11 is 2.50. The monoisotopic (exact) mass is 1390 g/mol. The van der Waals surface area contributed by atoms with Crippen LogP contribution >= 0.6 is 0 Å². The molecule has 0 unspecified atom stereocenters. The molecule has 0 atom stereocenters. The summed E-state index contributed by atoms with van der Waals surface area (Å²) in [6, 6.07) is 110. The Hall–Kier alpha value is -10.7. The van der Waals surface area contributed by atoms with Crippen LogP contribution in [0.1, 0.15) is 58.2 Å². The molecule has 2 aromatic heterocycles. The maximum absolute atomic E-state index is 7.18. The summed E-state index contributed by atoms with van der Waals surface area (Å²) in [5, 5.41) is 0. The van der Waals surface area contributed by atoms with Gasteiger partial charge in [0.2, 0.25) is 0 Å². The summed E-state index contributed by atoms with van der Waals surface area (Å²) in [7, 11) is 0. The number of fused-ring (bicyclic) bond motifs is 7. The van der Waals surface area contributed by atoms with E-state index in [1.54, 1.807) is 0 Å². The zero-order valence-corrected chi connectivity index (χ0v) is 55.9. The number of hydrogen-bond donors (Lipinski definition) is 0. The molecule has 1 aliphatic heterocycles. The number of anilines is 6. The SMILES string of the molecule is Cc1cc(N2c3[c-]c(Oc4[c-]c(-n5[c](=[Pt])n(-c6c(-c7ccccc7)cccc6-c6ccccc6)c6ccccc65)ccc4)ccc3-c3ccccc3N(c3cc(C(C)(C)C)cc(C(C)(C)C)c3)c3ccccc3-c3ccccc32)ncc1-c1ccc(-c2ccccc2)cc1. The van der Waals surface area contributed by atoms with Gasteiger partial charge in [0.05, 0.1) is 5.69 Å². The van der Waals surface area contributed by atoms with E-state index in [9.17, 15) is 0 Å². The van der Waals surface area contributed by atoms with Crippen LogP contribution in [-0.4, -0.2) is 14.1 Å². The third-order valence-electron chi connectivity index (χ3n) is 18.0. The van der Waals surface area contributed by atoms with Crippen molar-refractivity contribution in [2.24, 2.45) is 0 Å². The number of hydrogen-bond acceptors (Lipinski definition) is 4. The van der Waals surface area contributed by atoms with Gasteiger partial charge in [0.1, 0.15) is 0 Å². The smallest absolute Gasteiger partial charge is 0.0622 e. The molecule has 0 amide bonds. The Balaban J connectivity index is 0.920. The van der Waals surface area contributed by atoms with Crippen molar-refractivity contribution in [3.63, 3.8) is 0 Å². The van der Waals surface area contributed by atoms with Crippen molar-refractivity contribution in [2.45, 2.75) is 59.3 Å². The molecule has 0 fully saturated rings. The summed E-state index contributed by atoms with van der Waals surface area (Å²) in [5.41, 5.74) is 25.4. The van der Waals surface area contributed by atoms with Crippen molar-refractivity contribution in [1.82, 2.24) is 14.1 Å². The van der Waals surface area contributed by atoms with Gasteiger partial charge in [-0.05, 0) is 75.4 Å². The van der Waals surface area contributed by atoms with Crippen LogP contribution in [0, 0.1) is 22.9 Å². The van der Waals surface area contributed by atoms with Crippen molar-refractivity contribution in [1.29, 1.82) is 0 Å². The van der Waals surface area contributed by atoms with Gasteiger partial charge >= 0.3 is 306 Å². The third kappa shape index (κ3) is 11.1. The minimum Gasteiger partial charge on any atom is -0.0622 e.